The molecule has 3 N–H and O–H groups in total. The van der Waals surface area contributed by atoms with E-state index in [1.807, 2.05) is 43.6 Å². The minimum atomic E-state index is -0.366. The molecular formula is C20H20FN5S. The van der Waals surface area contributed by atoms with Crippen LogP contribution in [0.5, 0.6) is 0 Å². The molecule has 138 valence electrons. The van der Waals surface area contributed by atoms with Crippen molar-refractivity contribution in [3.8, 4) is 0 Å². The Balaban J connectivity index is 0.000000253. The van der Waals surface area contributed by atoms with Crippen LogP contribution >= 0.6 is 12.6 Å². The summed E-state index contributed by atoms with van der Waals surface area (Å²) in [7, 11) is 1.92. The van der Waals surface area contributed by atoms with Gasteiger partial charge in [0.2, 0.25) is 0 Å². The van der Waals surface area contributed by atoms with Gasteiger partial charge in [0.15, 0.2) is 11.6 Å². The maximum atomic E-state index is 13.6. The van der Waals surface area contributed by atoms with Crippen molar-refractivity contribution in [2.24, 2.45) is 0 Å². The van der Waals surface area contributed by atoms with E-state index in [9.17, 15) is 4.39 Å². The van der Waals surface area contributed by atoms with Crippen LogP contribution in [0.15, 0.2) is 72.1 Å². The summed E-state index contributed by atoms with van der Waals surface area (Å²) in [5.41, 5.74) is 3.02. The third-order valence-electron chi connectivity index (χ3n) is 3.80. The first-order valence-electron chi connectivity index (χ1n) is 8.38. The molecule has 1 aromatic carbocycles. The number of nitrogens with zero attached hydrogens (tertiary/aromatic N) is 2. The molecule has 4 rings (SSSR count). The smallest absolute Gasteiger partial charge is 0.166 e. The van der Waals surface area contributed by atoms with E-state index in [2.05, 4.69) is 38.2 Å². The lowest BCUT2D eigenvalue weighted by molar-refractivity contribution is 0.626. The van der Waals surface area contributed by atoms with E-state index in [-0.39, 0.29) is 11.6 Å². The van der Waals surface area contributed by atoms with Crippen molar-refractivity contribution in [3.63, 3.8) is 0 Å². The summed E-state index contributed by atoms with van der Waals surface area (Å²) in [6, 6.07) is 12.6. The molecule has 0 amide bonds. The number of anilines is 2. The van der Waals surface area contributed by atoms with Crippen molar-refractivity contribution in [1.82, 2.24) is 20.3 Å². The molecule has 0 aliphatic heterocycles. The number of thiol groups is 1. The number of pyridine rings is 2. The first-order chi connectivity index (χ1) is 13.2. The Hall–Kier alpha value is -2.90. The Bertz CT molecular complexity index is 1000. The summed E-state index contributed by atoms with van der Waals surface area (Å²) >= 11 is 4.02. The van der Waals surface area contributed by atoms with Gasteiger partial charge in [-0.05, 0) is 49.0 Å². The number of H-pyrrole nitrogens is 1. The number of aromatic amines is 1. The van der Waals surface area contributed by atoms with Gasteiger partial charge in [0.05, 0.1) is 0 Å². The molecule has 0 saturated carbocycles. The molecule has 0 atom stereocenters. The van der Waals surface area contributed by atoms with E-state index in [1.54, 1.807) is 24.7 Å². The monoisotopic (exact) mass is 381 g/mol. The number of halogens is 1. The lowest BCUT2D eigenvalue weighted by atomic mass is 10.1. The van der Waals surface area contributed by atoms with Gasteiger partial charge in [-0.2, -0.15) is 0 Å². The maximum Gasteiger partial charge on any atom is 0.166 e. The second kappa shape index (κ2) is 9.16. The van der Waals surface area contributed by atoms with Crippen molar-refractivity contribution in [3.05, 3.63) is 78.6 Å². The first kappa shape index (κ1) is 18.9. The molecule has 0 unspecified atom stereocenters. The van der Waals surface area contributed by atoms with Gasteiger partial charge >= 0.3 is 0 Å². The van der Waals surface area contributed by atoms with Crippen LogP contribution in [0.25, 0.3) is 10.9 Å². The van der Waals surface area contributed by atoms with Crippen molar-refractivity contribution in [2.75, 3.05) is 12.4 Å². The molecule has 3 aromatic heterocycles. The molecule has 0 aliphatic carbocycles. The highest BCUT2D eigenvalue weighted by atomic mass is 32.1. The molecule has 3 heterocycles. The highest BCUT2D eigenvalue weighted by molar-refractivity contribution is 7.80. The molecule has 7 heteroatoms. The highest BCUT2D eigenvalue weighted by Gasteiger charge is 2.06. The zero-order valence-corrected chi connectivity index (χ0v) is 15.7. The third kappa shape index (κ3) is 5.06. The highest BCUT2D eigenvalue weighted by Crippen LogP contribution is 2.24. The summed E-state index contributed by atoms with van der Waals surface area (Å²) in [6.45, 7) is 0.807. The van der Waals surface area contributed by atoms with Crippen LogP contribution in [-0.4, -0.2) is 22.0 Å². The van der Waals surface area contributed by atoms with Crippen LogP contribution < -0.4 is 10.6 Å². The van der Waals surface area contributed by atoms with Crippen molar-refractivity contribution >= 4 is 35.0 Å². The molecule has 0 saturated heterocycles. The molecule has 0 radical (unpaired) electrons. The Labute approximate surface area is 162 Å². The number of fused-ring (bicyclic) bond motifs is 1. The Morgan fingerprint density at radius 1 is 1.15 bits per heavy atom. The average Bonchev–Trinajstić information content (AvgIpc) is 3.07. The number of hydrogen-bond donors (Lipinski definition) is 4. The Morgan fingerprint density at radius 3 is 2.67 bits per heavy atom. The SMILES string of the molecule is CNCc1c[nH]c2cc(Nc3ncccc3F)ccc12.Sc1cccnc1. The van der Waals surface area contributed by atoms with Crippen molar-refractivity contribution in [2.45, 2.75) is 11.4 Å². The zero-order chi connectivity index (χ0) is 19.1. The van der Waals surface area contributed by atoms with Gasteiger partial charge in [0.25, 0.3) is 0 Å². The Kier molecular flexibility index (Phi) is 6.40. The molecule has 5 nitrogen and oxygen atoms in total. The average molecular weight is 381 g/mol. The van der Waals surface area contributed by atoms with Crippen LogP contribution in [-0.2, 0) is 6.54 Å². The van der Waals surface area contributed by atoms with Gasteiger partial charge in [-0.25, -0.2) is 9.37 Å². The first-order valence-corrected chi connectivity index (χ1v) is 8.83. The van der Waals surface area contributed by atoms with E-state index in [1.165, 1.54) is 11.6 Å². The molecule has 0 spiro atoms. The van der Waals surface area contributed by atoms with E-state index in [4.69, 9.17) is 0 Å². The fourth-order valence-electron chi connectivity index (χ4n) is 2.57. The van der Waals surface area contributed by atoms with Crippen LogP contribution in [0, 0.1) is 5.82 Å². The number of rotatable bonds is 4. The molecule has 27 heavy (non-hydrogen) atoms. The van der Waals surface area contributed by atoms with Gasteiger partial charge in [-0.15, -0.1) is 12.6 Å². The van der Waals surface area contributed by atoms with Crippen molar-refractivity contribution in [1.29, 1.82) is 0 Å². The van der Waals surface area contributed by atoms with Crippen LogP contribution in [0.3, 0.4) is 0 Å². The standard InChI is InChI=1S/C15H15FN4.C5H5NS/c1-17-8-10-9-19-14-7-11(4-5-12(10)14)20-15-13(16)3-2-6-18-15;7-5-2-1-3-6-4-5/h2-7,9,17,19H,8H2,1H3,(H,18,20);1-4,7H. The second-order valence-corrected chi connectivity index (χ2v) is 6.29. The van der Waals surface area contributed by atoms with Crippen molar-refractivity contribution < 1.29 is 4.39 Å². The van der Waals surface area contributed by atoms with Gasteiger partial charge in [-0.1, -0.05) is 6.07 Å². The van der Waals surface area contributed by atoms with Gasteiger partial charge in [0.1, 0.15) is 0 Å². The largest absolute Gasteiger partial charge is 0.361 e. The predicted octanol–water partition coefficient (Wildman–Crippen LogP) is 4.54. The number of aromatic nitrogens is 3. The maximum absolute atomic E-state index is 13.6. The van der Waals surface area contributed by atoms with Crippen LogP contribution in [0.4, 0.5) is 15.9 Å². The summed E-state index contributed by atoms with van der Waals surface area (Å²) in [5.74, 6) is -0.135. The van der Waals surface area contributed by atoms with Gasteiger partial charge < -0.3 is 15.6 Å². The normalized spacial score (nSPS) is 10.3. The molecule has 0 bridgehead atoms. The van der Waals surface area contributed by atoms with Gasteiger partial charge in [0, 0.05) is 52.8 Å². The second-order valence-electron chi connectivity index (χ2n) is 5.77. The summed E-state index contributed by atoms with van der Waals surface area (Å²) in [6.07, 6.45) is 6.96. The number of nitrogens with one attached hydrogen (secondary N) is 3. The molecule has 0 aliphatic rings. The van der Waals surface area contributed by atoms with E-state index >= 15 is 0 Å². The fraction of sp³-hybridized carbons (Fsp3) is 0.100. The molecule has 0 fully saturated rings. The van der Waals surface area contributed by atoms with Crippen LogP contribution in [0.2, 0.25) is 0 Å². The van der Waals surface area contributed by atoms with E-state index < -0.39 is 0 Å². The lowest BCUT2D eigenvalue weighted by Crippen LogP contribution is -2.03. The minimum Gasteiger partial charge on any atom is -0.361 e. The quantitative estimate of drug-likeness (QED) is 0.392. The summed E-state index contributed by atoms with van der Waals surface area (Å²) < 4.78 is 13.6. The Morgan fingerprint density at radius 2 is 2.00 bits per heavy atom. The topological polar surface area (TPSA) is 65.6 Å². The third-order valence-corrected chi connectivity index (χ3v) is 4.07. The molecule has 4 aromatic rings. The summed E-state index contributed by atoms with van der Waals surface area (Å²) in [4.78, 5) is 11.9. The van der Waals surface area contributed by atoms with Crippen LogP contribution in [0.1, 0.15) is 5.56 Å². The zero-order valence-electron chi connectivity index (χ0n) is 14.8. The van der Waals surface area contributed by atoms with E-state index in [0.29, 0.717) is 0 Å². The lowest BCUT2D eigenvalue weighted by Gasteiger charge is -2.06. The number of hydrogen-bond acceptors (Lipinski definition) is 5. The number of benzene rings is 1. The minimum absolute atomic E-state index is 0.230. The fourth-order valence-corrected chi connectivity index (χ4v) is 2.72. The summed E-state index contributed by atoms with van der Waals surface area (Å²) in [5, 5.41) is 7.27. The predicted molar refractivity (Wildman–Crippen MR) is 110 cm³/mol. The van der Waals surface area contributed by atoms with E-state index in [0.717, 1.165) is 28.0 Å². The molecular weight excluding hydrogens is 361 g/mol. The van der Waals surface area contributed by atoms with Gasteiger partial charge in [-0.3, -0.25) is 4.98 Å².